The van der Waals surface area contributed by atoms with Crippen molar-refractivity contribution in [3.8, 4) is 17.0 Å². The minimum atomic E-state index is -0.404. The summed E-state index contributed by atoms with van der Waals surface area (Å²) in [5.41, 5.74) is 4.99. The van der Waals surface area contributed by atoms with Gasteiger partial charge in [-0.05, 0) is 49.8 Å². The third-order valence-corrected chi connectivity index (χ3v) is 5.72. The van der Waals surface area contributed by atoms with Gasteiger partial charge in [-0.3, -0.25) is 0 Å². The Labute approximate surface area is 164 Å². The number of nitrogens with zero attached hydrogens (tertiary/aromatic N) is 3. The number of aromatic nitrogens is 4. The number of benzene rings is 1. The molecule has 0 saturated heterocycles. The average molecular weight is 382 g/mol. The van der Waals surface area contributed by atoms with Gasteiger partial charge in [-0.15, -0.1) is 5.10 Å². The highest BCUT2D eigenvalue weighted by atomic mass is 19.1. The molecule has 4 rings (SSSR count). The number of nitrogens with one attached hydrogen (secondary N) is 1. The zero-order chi connectivity index (χ0) is 19.8. The van der Waals surface area contributed by atoms with Gasteiger partial charge in [-0.25, -0.2) is 9.37 Å². The van der Waals surface area contributed by atoms with Crippen LogP contribution in [0.1, 0.15) is 62.5 Å². The van der Waals surface area contributed by atoms with Crippen LogP contribution in [0, 0.1) is 18.7 Å². The molecule has 0 spiro atoms. The van der Waals surface area contributed by atoms with Crippen LogP contribution in [0.3, 0.4) is 0 Å². The van der Waals surface area contributed by atoms with Crippen LogP contribution in [0.25, 0.3) is 22.3 Å². The Morgan fingerprint density at radius 1 is 1.25 bits per heavy atom. The van der Waals surface area contributed by atoms with E-state index in [1.165, 1.54) is 26.0 Å². The van der Waals surface area contributed by atoms with Gasteiger partial charge in [0.2, 0.25) is 0 Å². The van der Waals surface area contributed by atoms with E-state index in [2.05, 4.69) is 29.0 Å². The molecule has 1 aliphatic rings. The van der Waals surface area contributed by atoms with Gasteiger partial charge in [-0.2, -0.15) is 5.10 Å². The summed E-state index contributed by atoms with van der Waals surface area (Å²) in [7, 11) is 1.47. The van der Waals surface area contributed by atoms with Gasteiger partial charge in [0.15, 0.2) is 11.6 Å². The Morgan fingerprint density at radius 2 is 2.04 bits per heavy atom. The second kappa shape index (κ2) is 7.49. The highest BCUT2D eigenvalue weighted by Gasteiger charge is 2.35. The van der Waals surface area contributed by atoms with Gasteiger partial charge in [-0.1, -0.05) is 20.3 Å². The van der Waals surface area contributed by atoms with Crippen molar-refractivity contribution in [3.63, 3.8) is 0 Å². The Hall–Kier alpha value is -2.50. The van der Waals surface area contributed by atoms with Gasteiger partial charge >= 0.3 is 0 Å². The normalized spacial score (nSPS) is 15.2. The van der Waals surface area contributed by atoms with E-state index >= 15 is 0 Å². The predicted octanol–water partition coefficient (Wildman–Crippen LogP) is 5.33. The molecule has 1 aliphatic carbocycles. The van der Waals surface area contributed by atoms with Crippen molar-refractivity contribution in [3.05, 3.63) is 35.0 Å². The van der Waals surface area contributed by atoms with Crippen molar-refractivity contribution in [2.45, 2.75) is 58.8 Å². The zero-order valence-corrected chi connectivity index (χ0v) is 17.0. The molecule has 148 valence electrons. The van der Waals surface area contributed by atoms with Gasteiger partial charge < -0.3 is 9.72 Å². The molecule has 3 aromatic rings. The average Bonchev–Trinajstić information content (AvgIpc) is 3.44. The van der Waals surface area contributed by atoms with E-state index in [-0.39, 0.29) is 5.75 Å². The Kier molecular flexibility index (Phi) is 5.04. The van der Waals surface area contributed by atoms with Crippen LogP contribution in [-0.2, 0) is 6.42 Å². The summed E-state index contributed by atoms with van der Waals surface area (Å²) in [6.07, 6.45) is 5.51. The molecule has 1 unspecified atom stereocenters. The van der Waals surface area contributed by atoms with E-state index in [4.69, 9.17) is 9.72 Å². The van der Waals surface area contributed by atoms with Gasteiger partial charge in [0.05, 0.1) is 18.3 Å². The molecule has 0 aliphatic heterocycles. The quantitative estimate of drug-likeness (QED) is 0.600. The lowest BCUT2D eigenvalue weighted by atomic mass is 9.93. The van der Waals surface area contributed by atoms with Crippen LogP contribution in [0.15, 0.2) is 12.1 Å². The number of hydrogen-bond donors (Lipinski definition) is 1. The van der Waals surface area contributed by atoms with Crippen molar-refractivity contribution in [1.29, 1.82) is 0 Å². The van der Waals surface area contributed by atoms with Crippen molar-refractivity contribution in [2.75, 3.05) is 7.11 Å². The summed E-state index contributed by atoms with van der Waals surface area (Å²) >= 11 is 0. The first kappa shape index (κ1) is 18.8. The molecule has 5 nitrogen and oxygen atoms in total. The lowest BCUT2D eigenvalue weighted by molar-refractivity contribution is 0.386. The van der Waals surface area contributed by atoms with Gasteiger partial charge in [0.1, 0.15) is 17.0 Å². The molecule has 1 atom stereocenters. The van der Waals surface area contributed by atoms with Crippen LogP contribution >= 0.6 is 0 Å². The molecule has 1 saturated carbocycles. The number of aromatic amines is 1. The van der Waals surface area contributed by atoms with Crippen molar-refractivity contribution >= 4 is 11.0 Å². The standard InChI is InChI=1S/C22H27FN4O/c1-5-7-14(13-8-9-13)19-21-22(25-18(6-2)24-21)20(27-26-19)15-11-16(23)17(28-4)10-12(15)3/h10-11,13-14H,5-9H2,1-4H3,(H,24,25). The monoisotopic (exact) mass is 382 g/mol. The molecule has 1 aromatic carbocycles. The smallest absolute Gasteiger partial charge is 0.165 e. The number of ether oxygens (including phenoxy) is 1. The maximum atomic E-state index is 14.4. The topological polar surface area (TPSA) is 63.7 Å². The van der Waals surface area contributed by atoms with Crippen LogP contribution < -0.4 is 4.74 Å². The van der Waals surface area contributed by atoms with Gasteiger partial charge in [0.25, 0.3) is 0 Å². The lowest BCUT2D eigenvalue weighted by Crippen LogP contribution is -2.07. The summed E-state index contributed by atoms with van der Waals surface area (Å²) in [6, 6.07) is 3.18. The summed E-state index contributed by atoms with van der Waals surface area (Å²) in [6.45, 7) is 6.21. The van der Waals surface area contributed by atoms with Crippen LogP contribution in [0.2, 0.25) is 0 Å². The number of hydrogen-bond acceptors (Lipinski definition) is 4. The fourth-order valence-corrected chi connectivity index (χ4v) is 4.06. The van der Waals surface area contributed by atoms with E-state index in [1.54, 1.807) is 6.07 Å². The zero-order valence-electron chi connectivity index (χ0n) is 17.0. The Morgan fingerprint density at radius 3 is 2.68 bits per heavy atom. The highest BCUT2D eigenvalue weighted by molar-refractivity contribution is 5.91. The van der Waals surface area contributed by atoms with Crippen molar-refractivity contribution in [2.24, 2.45) is 5.92 Å². The summed E-state index contributed by atoms with van der Waals surface area (Å²) in [4.78, 5) is 8.26. The lowest BCUT2D eigenvalue weighted by Gasteiger charge is -2.16. The fraction of sp³-hybridized carbons (Fsp3) is 0.500. The summed E-state index contributed by atoms with van der Waals surface area (Å²) in [5, 5.41) is 9.20. The van der Waals surface area contributed by atoms with E-state index in [1.807, 2.05) is 6.92 Å². The van der Waals surface area contributed by atoms with E-state index in [0.29, 0.717) is 23.1 Å². The third kappa shape index (κ3) is 3.25. The van der Waals surface area contributed by atoms with Crippen molar-refractivity contribution < 1.29 is 9.13 Å². The third-order valence-electron chi connectivity index (χ3n) is 5.72. The fourth-order valence-electron chi connectivity index (χ4n) is 4.06. The number of imidazole rings is 1. The highest BCUT2D eigenvalue weighted by Crippen LogP contribution is 2.46. The number of aryl methyl sites for hydroxylation is 2. The minimum Gasteiger partial charge on any atom is -0.494 e. The second-order valence-corrected chi connectivity index (χ2v) is 7.73. The number of fused-ring (bicyclic) bond motifs is 1. The molecule has 6 heteroatoms. The van der Waals surface area contributed by atoms with E-state index < -0.39 is 5.82 Å². The Bertz CT molecular complexity index is 1010. The number of H-pyrrole nitrogens is 1. The summed E-state index contributed by atoms with van der Waals surface area (Å²) < 4.78 is 19.5. The van der Waals surface area contributed by atoms with Crippen molar-refractivity contribution in [1.82, 2.24) is 20.2 Å². The molecule has 28 heavy (non-hydrogen) atoms. The van der Waals surface area contributed by atoms with Crippen LogP contribution in [0.4, 0.5) is 4.39 Å². The SMILES string of the molecule is CCCC(c1nnc(-c2cc(F)c(OC)cc2C)c2[nH]c(CC)nc12)C1CC1. The molecule has 0 bridgehead atoms. The second-order valence-electron chi connectivity index (χ2n) is 7.73. The first-order valence-electron chi connectivity index (χ1n) is 10.2. The number of halogens is 1. The molecule has 2 heterocycles. The molecule has 1 N–H and O–H groups in total. The predicted molar refractivity (Wildman–Crippen MR) is 108 cm³/mol. The molecular weight excluding hydrogens is 355 g/mol. The van der Waals surface area contributed by atoms with Gasteiger partial charge in [0, 0.05) is 17.9 Å². The molecule has 1 fully saturated rings. The maximum Gasteiger partial charge on any atom is 0.165 e. The Balaban J connectivity index is 1.91. The molecular formula is C22H27FN4O. The largest absolute Gasteiger partial charge is 0.494 e. The minimum absolute atomic E-state index is 0.234. The van der Waals surface area contributed by atoms with Crippen LogP contribution in [-0.4, -0.2) is 27.3 Å². The number of rotatable bonds is 7. The molecule has 0 amide bonds. The first-order chi connectivity index (χ1) is 13.6. The molecule has 0 radical (unpaired) electrons. The number of methoxy groups -OCH3 is 1. The van der Waals surface area contributed by atoms with E-state index in [9.17, 15) is 4.39 Å². The molecule has 2 aromatic heterocycles. The summed E-state index contributed by atoms with van der Waals surface area (Å²) in [5.74, 6) is 1.82. The maximum absolute atomic E-state index is 14.4. The van der Waals surface area contributed by atoms with Crippen LogP contribution in [0.5, 0.6) is 5.75 Å². The first-order valence-corrected chi connectivity index (χ1v) is 10.2. The van der Waals surface area contributed by atoms with E-state index in [0.717, 1.165) is 47.4 Å².